The average Bonchev–Trinajstić information content (AvgIpc) is 2.29. The standard InChI is InChI=1S/C14H21N/c1-2-3-4-9-14-13-8-6-5-7-12(13)10-11-15-14/h5-8,12,15H,2-4,9-11H2,1H3/i12D. The zero-order chi connectivity index (χ0) is 11.4. The molecule has 1 heterocycles. The smallest absolute Gasteiger partial charge is 0.0397 e. The molecule has 1 nitrogen and oxygen atoms in total. The van der Waals surface area contributed by atoms with Crippen molar-refractivity contribution in [1.82, 2.24) is 5.32 Å². The molecule has 1 aliphatic heterocycles. The molecular weight excluding hydrogens is 182 g/mol. The van der Waals surface area contributed by atoms with Gasteiger partial charge in [0.2, 0.25) is 0 Å². The Bertz CT molecular complexity index is 341. The molecule has 0 amide bonds. The Labute approximate surface area is 94.4 Å². The number of hydrogen-bond acceptors (Lipinski definition) is 1. The monoisotopic (exact) mass is 204 g/mol. The highest BCUT2D eigenvalue weighted by Crippen LogP contribution is 2.29. The first-order valence-electron chi connectivity index (χ1n) is 6.60. The summed E-state index contributed by atoms with van der Waals surface area (Å²) in [7, 11) is 0. The summed E-state index contributed by atoms with van der Waals surface area (Å²) in [6.45, 7) is 3.16. The zero-order valence-electron chi connectivity index (χ0n) is 10.6. The highest BCUT2D eigenvalue weighted by atomic mass is 14.9. The van der Waals surface area contributed by atoms with Crippen molar-refractivity contribution in [2.24, 2.45) is 5.89 Å². The molecule has 0 aromatic rings. The minimum atomic E-state index is -0.457. The fourth-order valence-corrected chi connectivity index (χ4v) is 2.25. The predicted octanol–water partition coefficient (Wildman–Crippen LogP) is 3.56. The van der Waals surface area contributed by atoms with Crippen LogP contribution in [0.5, 0.6) is 0 Å². The molecule has 0 saturated carbocycles. The lowest BCUT2D eigenvalue weighted by atomic mass is 9.86. The summed E-state index contributed by atoms with van der Waals surface area (Å²) in [4.78, 5) is 0. The van der Waals surface area contributed by atoms with Crippen molar-refractivity contribution < 1.29 is 1.37 Å². The molecule has 0 radical (unpaired) electrons. The van der Waals surface area contributed by atoms with E-state index < -0.39 is 5.89 Å². The molecule has 0 bridgehead atoms. The van der Waals surface area contributed by atoms with Crippen LogP contribution in [0.4, 0.5) is 0 Å². The van der Waals surface area contributed by atoms with Crippen LogP contribution in [-0.2, 0) is 0 Å². The molecule has 0 aromatic carbocycles. The van der Waals surface area contributed by atoms with Gasteiger partial charge in [0.15, 0.2) is 0 Å². The molecule has 0 saturated heterocycles. The maximum atomic E-state index is 8.45. The van der Waals surface area contributed by atoms with Gasteiger partial charge in [-0.1, -0.05) is 44.1 Å². The Balaban J connectivity index is 2.14. The van der Waals surface area contributed by atoms with Gasteiger partial charge in [0.05, 0.1) is 0 Å². The molecule has 2 aliphatic rings. The fourth-order valence-electron chi connectivity index (χ4n) is 2.25. The van der Waals surface area contributed by atoms with Crippen LogP contribution in [0.1, 0.15) is 40.4 Å². The molecule has 1 heteroatoms. The third-order valence-corrected chi connectivity index (χ3v) is 3.11. The predicted molar refractivity (Wildman–Crippen MR) is 65.6 cm³/mol. The van der Waals surface area contributed by atoms with E-state index >= 15 is 0 Å². The number of unbranched alkanes of at least 4 members (excludes halogenated alkanes) is 2. The lowest BCUT2D eigenvalue weighted by molar-refractivity contribution is 0.553. The van der Waals surface area contributed by atoms with Gasteiger partial charge in [-0.15, -0.1) is 0 Å². The zero-order valence-corrected chi connectivity index (χ0v) is 9.55. The first-order chi connectivity index (χ1) is 7.76. The van der Waals surface area contributed by atoms with Gasteiger partial charge in [-0.2, -0.15) is 0 Å². The minimum Gasteiger partial charge on any atom is -0.388 e. The Morgan fingerprint density at radius 3 is 3.27 bits per heavy atom. The van der Waals surface area contributed by atoms with Crippen LogP contribution < -0.4 is 5.32 Å². The van der Waals surface area contributed by atoms with Crippen molar-refractivity contribution in [2.75, 3.05) is 6.54 Å². The van der Waals surface area contributed by atoms with Crippen LogP contribution in [0.2, 0.25) is 0 Å². The van der Waals surface area contributed by atoms with Crippen LogP contribution in [0.15, 0.2) is 35.6 Å². The van der Waals surface area contributed by atoms with Crippen LogP contribution in [0, 0.1) is 5.89 Å². The topological polar surface area (TPSA) is 12.0 Å². The number of rotatable bonds is 4. The van der Waals surface area contributed by atoms with Gasteiger partial charge in [-0.05, 0) is 24.8 Å². The third-order valence-electron chi connectivity index (χ3n) is 3.11. The number of nitrogens with one attached hydrogen (secondary N) is 1. The van der Waals surface area contributed by atoms with E-state index in [1.807, 2.05) is 12.2 Å². The van der Waals surface area contributed by atoms with Gasteiger partial charge < -0.3 is 5.32 Å². The van der Waals surface area contributed by atoms with E-state index in [4.69, 9.17) is 1.37 Å². The minimum absolute atomic E-state index is 0.457. The molecule has 1 unspecified atom stereocenters. The van der Waals surface area contributed by atoms with Crippen LogP contribution in [0.25, 0.3) is 0 Å². The maximum absolute atomic E-state index is 8.45. The summed E-state index contributed by atoms with van der Waals surface area (Å²) in [5.74, 6) is -0.457. The van der Waals surface area contributed by atoms with Crippen LogP contribution >= 0.6 is 0 Å². The first-order valence-corrected chi connectivity index (χ1v) is 6.10. The van der Waals surface area contributed by atoms with E-state index in [9.17, 15) is 0 Å². The van der Waals surface area contributed by atoms with Gasteiger partial charge in [0, 0.05) is 19.5 Å². The van der Waals surface area contributed by atoms with Crippen molar-refractivity contribution in [1.29, 1.82) is 0 Å². The second kappa shape index (κ2) is 5.20. The summed E-state index contributed by atoms with van der Waals surface area (Å²) in [6.07, 6.45) is 14.0. The van der Waals surface area contributed by atoms with E-state index in [1.54, 1.807) is 0 Å². The summed E-state index contributed by atoms with van der Waals surface area (Å²) in [5, 5.41) is 3.48. The lowest BCUT2D eigenvalue weighted by Crippen LogP contribution is -2.27. The van der Waals surface area contributed by atoms with Gasteiger partial charge in [-0.3, -0.25) is 0 Å². The lowest BCUT2D eigenvalue weighted by Gasteiger charge is -2.28. The van der Waals surface area contributed by atoms with Crippen molar-refractivity contribution in [3.05, 3.63) is 35.6 Å². The van der Waals surface area contributed by atoms with Gasteiger partial charge >= 0.3 is 0 Å². The highest BCUT2D eigenvalue weighted by molar-refractivity contribution is 5.37. The van der Waals surface area contributed by atoms with Crippen molar-refractivity contribution in [3.63, 3.8) is 0 Å². The second-order valence-corrected chi connectivity index (χ2v) is 4.27. The number of fused-ring (bicyclic) bond motifs is 1. The normalized spacial score (nSPS) is 29.8. The largest absolute Gasteiger partial charge is 0.388 e. The molecule has 2 rings (SSSR count). The van der Waals surface area contributed by atoms with E-state index in [2.05, 4.69) is 24.4 Å². The second-order valence-electron chi connectivity index (χ2n) is 4.27. The average molecular weight is 204 g/mol. The van der Waals surface area contributed by atoms with E-state index in [1.165, 1.54) is 30.5 Å². The number of hydrogen-bond donors (Lipinski definition) is 1. The molecule has 1 N–H and O–H groups in total. The Kier molecular flexibility index (Phi) is 3.21. The summed E-state index contributed by atoms with van der Waals surface area (Å²) in [5.41, 5.74) is 2.49. The van der Waals surface area contributed by atoms with Crippen LogP contribution in [-0.4, -0.2) is 6.54 Å². The molecule has 1 aliphatic carbocycles. The molecule has 15 heavy (non-hydrogen) atoms. The molecule has 1 atom stereocenters. The maximum Gasteiger partial charge on any atom is 0.0397 e. The van der Waals surface area contributed by atoms with Crippen LogP contribution in [0.3, 0.4) is 0 Å². The van der Waals surface area contributed by atoms with Gasteiger partial charge in [0.25, 0.3) is 0 Å². The first kappa shape index (κ1) is 9.26. The fraction of sp³-hybridized carbons (Fsp3) is 0.571. The van der Waals surface area contributed by atoms with E-state index in [0.717, 1.165) is 19.4 Å². The Hall–Kier alpha value is -0.980. The quantitative estimate of drug-likeness (QED) is 0.690. The number of allylic oxidation sites excluding steroid dienone is 6. The van der Waals surface area contributed by atoms with Gasteiger partial charge in [0.1, 0.15) is 0 Å². The molecular formula is C14H21N. The summed E-state index contributed by atoms with van der Waals surface area (Å²) < 4.78 is 8.45. The molecule has 0 spiro atoms. The van der Waals surface area contributed by atoms with Crippen molar-refractivity contribution in [3.8, 4) is 0 Å². The third kappa shape index (κ3) is 2.53. The van der Waals surface area contributed by atoms with Crippen molar-refractivity contribution >= 4 is 0 Å². The summed E-state index contributed by atoms with van der Waals surface area (Å²) in [6, 6.07) is 0. The van der Waals surface area contributed by atoms with E-state index in [0.29, 0.717) is 0 Å². The molecule has 0 aromatic heterocycles. The SMILES string of the molecule is [2H]C12C=CC=CC1=C(CCCCC)NCC2. The summed E-state index contributed by atoms with van der Waals surface area (Å²) >= 11 is 0. The van der Waals surface area contributed by atoms with Crippen molar-refractivity contribution in [2.45, 2.75) is 39.0 Å². The molecule has 0 fully saturated rings. The highest BCUT2D eigenvalue weighted by Gasteiger charge is 2.19. The Morgan fingerprint density at radius 2 is 2.40 bits per heavy atom. The molecule has 82 valence electrons. The Morgan fingerprint density at radius 1 is 1.47 bits per heavy atom. The van der Waals surface area contributed by atoms with Gasteiger partial charge in [-0.25, -0.2) is 0 Å². The van der Waals surface area contributed by atoms with E-state index in [-0.39, 0.29) is 0 Å².